The third-order valence-corrected chi connectivity index (χ3v) is 4.62. The first-order valence-corrected chi connectivity index (χ1v) is 8.86. The molecule has 21 heavy (non-hydrogen) atoms. The van der Waals surface area contributed by atoms with E-state index in [4.69, 9.17) is 5.73 Å². The van der Waals surface area contributed by atoms with Gasteiger partial charge in [-0.2, -0.15) is 0 Å². The number of halogens is 1. The Morgan fingerprint density at radius 3 is 2.71 bits per heavy atom. The molecule has 0 radical (unpaired) electrons. The highest BCUT2D eigenvalue weighted by atomic mass is 79.9. The van der Waals surface area contributed by atoms with Gasteiger partial charge in [-0.25, -0.2) is 13.1 Å². The number of hydrogen-bond acceptors (Lipinski definition) is 4. The molecule has 0 spiro atoms. The van der Waals surface area contributed by atoms with Crippen LogP contribution in [0.25, 0.3) is 0 Å². The lowest BCUT2D eigenvalue weighted by Crippen LogP contribution is -2.32. The van der Waals surface area contributed by atoms with E-state index in [2.05, 4.69) is 26.0 Å². The zero-order valence-electron chi connectivity index (χ0n) is 11.8. The van der Waals surface area contributed by atoms with Crippen LogP contribution in [-0.2, 0) is 14.8 Å². The second kappa shape index (κ2) is 8.47. The first-order chi connectivity index (χ1) is 9.81. The predicted octanol–water partition coefficient (Wildman–Crippen LogP) is 0.971. The average Bonchev–Trinajstić information content (AvgIpc) is 2.38. The molecule has 0 heterocycles. The van der Waals surface area contributed by atoms with Crippen molar-refractivity contribution in [1.29, 1.82) is 0 Å². The van der Waals surface area contributed by atoms with Crippen molar-refractivity contribution in [2.45, 2.75) is 30.7 Å². The van der Waals surface area contributed by atoms with Crippen molar-refractivity contribution in [1.82, 2.24) is 10.0 Å². The second-order valence-electron chi connectivity index (χ2n) is 4.72. The molecule has 0 aliphatic heterocycles. The molecule has 8 heteroatoms. The van der Waals surface area contributed by atoms with Crippen molar-refractivity contribution in [2.75, 3.05) is 13.1 Å². The second-order valence-corrected chi connectivity index (χ2v) is 7.40. The van der Waals surface area contributed by atoms with Crippen LogP contribution in [0.5, 0.6) is 0 Å². The molecule has 0 aliphatic carbocycles. The van der Waals surface area contributed by atoms with Crippen LogP contribution in [0.3, 0.4) is 0 Å². The molecule has 1 aromatic rings. The van der Waals surface area contributed by atoms with Crippen molar-refractivity contribution in [3.63, 3.8) is 0 Å². The normalized spacial score (nSPS) is 12.9. The number of rotatable bonds is 8. The lowest BCUT2D eigenvalue weighted by molar-refractivity contribution is -0.120. The first kappa shape index (κ1) is 18.1. The molecule has 4 N–H and O–H groups in total. The van der Waals surface area contributed by atoms with Gasteiger partial charge in [0.25, 0.3) is 0 Å². The molecule has 1 unspecified atom stereocenters. The standard InChI is InChI=1S/C13H20BrN3O3S/c1-10(15)5-7-16-13(18)6-8-17-21(19,20)12-4-2-3-11(14)9-12/h2-4,9-10,17H,5-8,15H2,1H3,(H,16,18). The molecule has 6 nitrogen and oxygen atoms in total. The fourth-order valence-electron chi connectivity index (χ4n) is 1.54. The van der Waals surface area contributed by atoms with Crippen molar-refractivity contribution < 1.29 is 13.2 Å². The molecule has 0 bridgehead atoms. The van der Waals surface area contributed by atoms with E-state index in [0.29, 0.717) is 17.4 Å². The van der Waals surface area contributed by atoms with Gasteiger partial charge in [-0.3, -0.25) is 4.79 Å². The molecule has 1 aromatic carbocycles. The number of sulfonamides is 1. The van der Waals surface area contributed by atoms with Crippen LogP contribution in [0, 0.1) is 0 Å². The smallest absolute Gasteiger partial charge is 0.240 e. The SMILES string of the molecule is CC(N)CCNC(=O)CCNS(=O)(=O)c1cccc(Br)c1. The summed E-state index contributed by atoms with van der Waals surface area (Å²) in [4.78, 5) is 11.7. The van der Waals surface area contributed by atoms with E-state index in [1.807, 2.05) is 6.92 Å². The van der Waals surface area contributed by atoms with Crippen molar-refractivity contribution >= 4 is 31.9 Å². The monoisotopic (exact) mass is 377 g/mol. The summed E-state index contributed by atoms with van der Waals surface area (Å²) in [5.74, 6) is -0.201. The molecular formula is C13H20BrN3O3S. The summed E-state index contributed by atoms with van der Waals surface area (Å²) < 4.78 is 27.1. The number of hydrogen-bond donors (Lipinski definition) is 3. The van der Waals surface area contributed by atoms with E-state index < -0.39 is 10.0 Å². The van der Waals surface area contributed by atoms with Crippen LogP contribution in [0.1, 0.15) is 19.8 Å². The Morgan fingerprint density at radius 1 is 1.38 bits per heavy atom. The van der Waals surface area contributed by atoms with Gasteiger partial charge in [-0.1, -0.05) is 22.0 Å². The van der Waals surface area contributed by atoms with Gasteiger partial charge in [-0.15, -0.1) is 0 Å². The number of nitrogens with two attached hydrogens (primary N) is 1. The van der Waals surface area contributed by atoms with Crippen molar-refractivity contribution in [2.24, 2.45) is 5.73 Å². The number of benzene rings is 1. The number of carbonyl (C=O) groups is 1. The minimum Gasteiger partial charge on any atom is -0.356 e. The van der Waals surface area contributed by atoms with Gasteiger partial charge in [-0.05, 0) is 31.5 Å². The van der Waals surface area contributed by atoms with E-state index in [-0.39, 0.29) is 29.8 Å². The minimum absolute atomic E-state index is 0.0281. The van der Waals surface area contributed by atoms with Crippen LogP contribution < -0.4 is 15.8 Å². The fourth-order valence-corrected chi connectivity index (χ4v) is 3.17. The van der Waals surface area contributed by atoms with Crippen LogP contribution in [0.15, 0.2) is 33.6 Å². The molecule has 0 saturated heterocycles. The van der Waals surface area contributed by atoms with Crippen molar-refractivity contribution in [3.8, 4) is 0 Å². The lowest BCUT2D eigenvalue weighted by Gasteiger charge is -2.09. The van der Waals surface area contributed by atoms with Crippen LogP contribution in [-0.4, -0.2) is 33.5 Å². The Bertz CT molecular complexity index is 576. The van der Waals surface area contributed by atoms with Gasteiger partial charge < -0.3 is 11.1 Å². The number of nitrogens with one attached hydrogen (secondary N) is 2. The maximum Gasteiger partial charge on any atom is 0.240 e. The van der Waals surface area contributed by atoms with Gasteiger partial charge in [0.2, 0.25) is 15.9 Å². The van der Waals surface area contributed by atoms with E-state index in [1.54, 1.807) is 12.1 Å². The summed E-state index contributed by atoms with van der Waals surface area (Å²) in [6.07, 6.45) is 0.779. The van der Waals surface area contributed by atoms with E-state index in [0.717, 1.165) is 0 Å². The van der Waals surface area contributed by atoms with Gasteiger partial charge in [0.05, 0.1) is 4.90 Å². The van der Waals surface area contributed by atoms with Crippen molar-refractivity contribution in [3.05, 3.63) is 28.7 Å². The molecule has 0 saturated carbocycles. The largest absolute Gasteiger partial charge is 0.356 e. The molecule has 0 aromatic heterocycles. The highest BCUT2D eigenvalue weighted by Gasteiger charge is 2.14. The highest BCUT2D eigenvalue weighted by molar-refractivity contribution is 9.10. The molecule has 1 rings (SSSR count). The summed E-state index contributed by atoms with van der Waals surface area (Å²) >= 11 is 3.22. The summed E-state index contributed by atoms with van der Waals surface area (Å²) in [6, 6.07) is 6.41. The number of carbonyl (C=O) groups excluding carboxylic acids is 1. The Balaban J connectivity index is 2.39. The number of amides is 1. The Morgan fingerprint density at radius 2 is 2.10 bits per heavy atom. The Hall–Kier alpha value is -0.960. The highest BCUT2D eigenvalue weighted by Crippen LogP contribution is 2.15. The van der Waals surface area contributed by atoms with E-state index >= 15 is 0 Å². The van der Waals surface area contributed by atoms with Gasteiger partial charge in [0.15, 0.2) is 0 Å². The minimum atomic E-state index is -3.59. The maximum absolute atomic E-state index is 12.0. The molecule has 1 atom stereocenters. The van der Waals surface area contributed by atoms with Crippen LogP contribution >= 0.6 is 15.9 Å². The summed E-state index contributed by atoms with van der Waals surface area (Å²) in [5.41, 5.74) is 5.57. The topological polar surface area (TPSA) is 101 Å². The molecule has 1 amide bonds. The fraction of sp³-hybridized carbons (Fsp3) is 0.462. The molecule has 0 aliphatic rings. The van der Waals surface area contributed by atoms with Gasteiger partial charge in [0.1, 0.15) is 0 Å². The zero-order valence-corrected chi connectivity index (χ0v) is 14.2. The predicted molar refractivity (Wildman–Crippen MR) is 85.2 cm³/mol. The quantitative estimate of drug-likeness (QED) is 0.628. The lowest BCUT2D eigenvalue weighted by atomic mass is 10.2. The summed E-state index contributed by atoms with van der Waals surface area (Å²) in [5, 5.41) is 2.69. The average molecular weight is 378 g/mol. The summed E-state index contributed by atoms with van der Waals surface area (Å²) in [6.45, 7) is 2.41. The first-order valence-electron chi connectivity index (χ1n) is 6.59. The van der Waals surface area contributed by atoms with Crippen LogP contribution in [0.4, 0.5) is 0 Å². The Labute approximate surface area is 133 Å². The Kier molecular flexibility index (Phi) is 7.30. The molecule has 118 valence electrons. The van der Waals surface area contributed by atoms with Gasteiger partial charge >= 0.3 is 0 Å². The third kappa shape index (κ3) is 7.03. The van der Waals surface area contributed by atoms with Gasteiger partial charge in [0, 0.05) is 30.0 Å². The van der Waals surface area contributed by atoms with E-state index in [9.17, 15) is 13.2 Å². The summed E-state index contributed by atoms with van der Waals surface area (Å²) in [7, 11) is -3.59. The zero-order chi connectivity index (χ0) is 15.9. The van der Waals surface area contributed by atoms with E-state index in [1.165, 1.54) is 12.1 Å². The maximum atomic E-state index is 12.0. The van der Waals surface area contributed by atoms with Crippen LogP contribution in [0.2, 0.25) is 0 Å². The molecule has 0 fully saturated rings. The molecular weight excluding hydrogens is 358 g/mol. The third-order valence-electron chi connectivity index (χ3n) is 2.67.